The van der Waals surface area contributed by atoms with Crippen LogP contribution < -0.4 is 0 Å². The average molecular weight is 445 g/mol. The second-order valence-corrected chi connectivity index (χ2v) is 10.3. The predicted octanol–water partition coefficient (Wildman–Crippen LogP) is 9.32. The van der Waals surface area contributed by atoms with E-state index in [0.29, 0.717) is 10.8 Å². The molecule has 0 aliphatic heterocycles. The highest BCUT2D eigenvalue weighted by Gasteiger charge is 2.30. The molecule has 0 radical (unpaired) electrons. The Hall–Kier alpha value is -1.18. The second-order valence-electron chi connectivity index (χ2n) is 10.3. The van der Waals surface area contributed by atoms with Crippen molar-refractivity contribution in [2.45, 2.75) is 143 Å². The van der Waals surface area contributed by atoms with Crippen LogP contribution in [0.25, 0.3) is 0 Å². The van der Waals surface area contributed by atoms with Gasteiger partial charge in [0.1, 0.15) is 12.6 Å². The van der Waals surface area contributed by atoms with Gasteiger partial charge in [-0.1, -0.05) is 76.7 Å². The van der Waals surface area contributed by atoms with Gasteiger partial charge >= 0.3 is 0 Å². The molecular weight excluding hydrogens is 392 g/mol. The molecule has 184 valence electrons. The number of unbranched alkanes of at least 4 members (excludes halogenated alkanes) is 4. The first kappa shape index (κ1) is 28.9. The van der Waals surface area contributed by atoms with Gasteiger partial charge in [0, 0.05) is 12.8 Å². The molecule has 2 aliphatic carbocycles. The molecule has 32 heavy (non-hydrogen) atoms. The molecule has 0 unspecified atom stereocenters. The van der Waals surface area contributed by atoms with Crippen molar-refractivity contribution in [2.75, 3.05) is 0 Å². The van der Waals surface area contributed by atoms with E-state index in [4.69, 9.17) is 0 Å². The average Bonchev–Trinajstić information content (AvgIpc) is 2.86. The SMILES string of the molecule is CCC1(CC)CCC(=CCCCC=O)CC1.CCC1(CC)CCC(=CCCCC=O)CC1. The van der Waals surface area contributed by atoms with E-state index in [9.17, 15) is 9.59 Å². The number of aldehydes is 2. The minimum atomic E-state index is 0.639. The summed E-state index contributed by atoms with van der Waals surface area (Å²) in [6.07, 6.45) is 28.5. The number of carbonyl (C=O) groups is 2. The zero-order chi connectivity index (χ0) is 23.7. The van der Waals surface area contributed by atoms with Crippen molar-refractivity contribution in [3.63, 3.8) is 0 Å². The highest BCUT2D eigenvalue weighted by molar-refractivity contribution is 5.49. The van der Waals surface area contributed by atoms with Crippen LogP contribution in [0.4, 0.5) is 0 Å². The molecule has 2 fully saturated rings. The molecule has 0 amide bonds. The normalized spacial score (nSPS) is 19.5. The summed E-state index contributed by atoms with van der Waals surface area (Å²) in [4.78, 5) is 20.4. The fourth-order valence-electron chi connectivity index (χ4n) is 5.54. The molecule has 0 heterocycles. The molecule has 2 rings (SSSR count). The van der Waals surface area contributed by atoms with Crippen LogP contribution >= 0.6 is 0 Å². The van der Waals surface area contributed by atoms with Crippen molar-refractivity contribution in [3.8, 4) is 0 Å². The van der Waals surface area contributed by atoms with Gasteiger partial charge in [-0.2, -0.15) is 0 Å². The zero-order valence-corrected chi connectivity index (χ0v) is 21.9. The minimum Gasteiger partial charge on any atom is -0.303 e. The summed E-state index contributed by atoms with van der Waals surface area (Å²) in [5, 5.41) is 0. The minimum absolute atomic E-state index is 0.639. The molecule has 0 spiro atoms. The standard InChI is InChI=1S/2C15H26O/c2*1-3-15(4-2)11-9-14(10-12-15)8-6-5-7-13-16/h2*8,13H,3-7,9-12H2,1-2H3. The van der Waals surface area contributed by atoms with E-state index in [1.165, 1.54) is 77.0 Å². The first-order valence-electron chi connectivity index (χ1n) is 13.8. The maximum absolute atomic E-state index is 10.2. The molecule has 0 N–H and O–H groups in total. The topological polar surface area (TPSA) is 34.1 Å². The summed E-state index contributed by atoms with van der Waals surface area (Å²) in [5.74, 6) is 0. The summed E-state index contributed by atoms with van der Waals surface area (Å²) in [6, 6.07) is 0. The summed E-state index contributed by atoms with van der Waals surface area (Å²) < 4.78 is 0. The summed E-state index contributed by atoms with van der Waals surface area (Å²) in [5.41, 5.74) is 4.56. The van der Waals surface area contributed by atoms with Gasteiger partial charge in [-0.3, -0.25) is 0 Å². The maximum Gasteiger partial charge on any atom is 0.120 e. The van der Waals surface area contributed by atoms with Crippen LogP contribution in [0.5, 0.6) is 0 Å². The maximum atomic E-state index is 10.2. The molecule has 2 heteroatoms. The van der Waals surface area contributed by atoms with Crippen LogP contribution in [0, 0.1) is 10.8 Å². The van der Waals surface area contributed by atoms with Gasteiger partial charge in [0.05, 0.1) is 0 Å². The molecule has 2 aliphatic rings. The predicted molar refractivity (Wildman–Crippen MR) is 139 cm³/mol. The lowest BCUT2D eigenvalue weighted by Gasteiger charge is -2.36. The lowest BCUT2D eigenvalue weighted by molar-refractivity contribution is -0.108. The molecule has 0 bridgehead atoms. The number of hydrogen-bond acceptors (Lipinski definition) is 2. The molecular formula is C30H52O2. The van der Waals surface area contributed by atoms with Gasteiger partial charge in [-0.25, -0.2) is 0 Å². The Labute approximate surface area is 199 Å². The van der Waals surface area contributed by atoms with Gasteiger partial charge in [-0.05, 0) is 87.9 Å². The number of hydrogen-bond donors (Lipinski definition) is 0. The molecule has 0 aromatic rings. The van der Waals surface area contributed by atoms with Crippen LogP contribution in [-0.2, 0) is 9.59 Å². The van der Waals surface area contributed by atoms with Crippen LogP contribution in [0.3, 0.4) is 0 Å². The van der Waals surface area contributed by atoms with Crippen molar-refractivity contribution in [1.29, 1.82) is 0 Å². The fourth-order valence-corrected chi connectivity index (χ4v) is 5.54. The van der Waals surface area contributed by atoms with E-state index < -0.39 is 0 Å². The van der Waals surface area contributed by atoms with Gasteiger partial charge in [0.2, 0.25) is 0 Å². The van der Waals surface area contributed by atoms with E-state index >= 15 is 0 Å². The summed E-state index contributed by atoms with van der Waals surface area (Å²) in [6.45, 7) is 9.34. The Morgan fingerprint density at radius 3 is 1.12 bits per heavy atom. The number of carbonyl (C=O) groups excluding carboxylic acids is 2. The lowest BCUT2D eigenvalue weighted by Crippen LogP contribution is -2.22. The third kappa shape index (κ3) is 10.2. The molecule has 0 saturated heterocycles. The monoisotopic (exact) mass is 444 g/mol. The first-order chi connectivity index (χ1) is 15.5. The van der Waals surface area contributed by atoms with E-state index in [1.54, 1.807) is 11.1 Å². The Morgan fingerprint density at radius 2 is 0.875 bits per heavy atom. The third-order valence-electron chi connectivity index (χ3n) is 8.82. The molecule has 2 saturated carbocycles. The van der Waals surface area contributed by atoms with Crippen LogP contribution in [0.2, 0.25) is 0 Å². The molecule has 0 aromatic carbocycles. The Balaban J connectivity index is 0.000000320. The van der Waals surface area contributed by atoms with Crippen molar-refractivity contribution < 1.29 is 9.59 Å². The van der Waals surface area contributed by atoms with Crippen molar-refractivity contribution in [3.05, 3.63) is 23.3 Å². The van der Waals surface area contributed by atoms with Crippen LogP contribution in [-0.4, -0.2) is 12.6 Å². The van der Waals surface area contributed by atoms with Gasteiger partial charge < -0.3 is 9.59 Å². The van der Waals surface area contributed by atoms with Crippen LogP contribution in [0.15, 0.2) is 23.3 Å². The van der Waals surface area contributed by atoms with Crippen molar-refractivity contribution in [2.24, 2.45) is 10.8 Å². The van der Waals surface area contributed by atoms with Crippen molar-refractivity contribution >= 4 is 12.6 Å². The molecule has 2 nitrogen and oxygen atoms in total. The quantitative estimate of drug-likeness (QED) is 0.171. The summed E-state index contributed by atoms with van der Waals surface area (Å²) in [7, 11) is 0. The van der Waals surface area contributed by atoms with Crippen LogP contribution in [0.1, 0.15) is 143 Å². The van der Waals surface area contributed by atoms with Gasteiger partial charge in [0.25, 0.3) is 0 Å². The lowest BCUT2D eigenvalue weighted by atomic mass is 9.69. The number of allylic oxidation sites excluding steroid dienone is 4. The summed E-state index contributed by atoms with van der Waals surface area (Å²) >= 11 is 0. The highest BCUT2D eigenvalue weighted by atomic mass is 16.1. The fraction of sp³-hybridized carbons (Fsp3) is 0.800. The Bertz CT molecular complexity index is 500. The smallest absolute Gasteiger partial charge is 0.120 e. The number of rotatable bonds is 12. The van der Waals surface area contributed by atoms with E-state index in [2.05, 4.69) is 39.8 Å². The Morgan fingerprint density at radius 1 is 0.562 bits per heavy atom. The van der Waals surface area contributed by atoms with Gasteiger partial charge in [0.15, 0.2) is 0 Å². The second kappa shape index (κ2) is 16.4. The highest BCUT2D eigenvalue weighted by Crippen LogP contribution is 2.44. The van der Waals surface area contributed by atoms with Crippen molar-refractivity contribution in [1.82, 2.24) is 0 Å². The third-order valence-corrected chi connectivity index (χ3v) is 8.82. The molecule has 0 aromatic heterocycles. The van der Waals surface area contributed by atoms with E-state index in [0.717, 1.165) is 51.1 Å². The van der Waals surface area contributed by atoms with E-state index in [-0.39, 0.29) is 0 Å². The van der Waals surface area contributed by atoms with Gasteiger partial charge in [-0.15, -0.1) is 0 Å². The van der Waals surface area contributed by atoms with E-state index in [1.807, 2.05) is 0 Å². The molecule has 0 atom stereocenters. The largest absolute Gasteiger partial charge is 0.303 e. The Kier molecular flexibility index (Phi) is 14.8. The zero-order valence-electron chi connectivity index (χ0n) is 21.9. The first-order valence-corrected chi connectivity index (χ1v) is 13.8.